The summed E-state index contributed by atoms with van der Waals surface area (Å²) in [4.78, 5) is 4.22. The lowest BCUT2D eigenvalue weighted by Crippen LogP contribution is -1.98. The number of benzene rings is 1. The molecule has 0 atom stereocenters. The van der Waals surface area contributed by atoms with Gasteiger partial charge in [-0.05, 0) is 40.2 Å². The molecule has 2 aromatic rings. The molecule has 0 unspecified atom stereocenters. The number of ether oxygens (including phenoxy) is 1. The quantitative estimate of drug-likeness (QED) is 0.909. The van der Waals surface area contributed by atoms with Gasteiger partial charge >= 0.3 is 0 Å². The van der Waals surface area contributed by atoms with Gasteiger partial charge in [0.25, 0.3) is 0 Å². The highest BCUT2D eigenvalue weighted by molar-refractivity contribution is 9.10. The zero-order chi connectivity index (χ0) is 14.8. The van der Waals surface area contributed by atoms with Crippen molar-refractivity contribution in [2.45, 2.75) is 11.5 Å². The summed E-state index contributed by atoms with van der Waals surface area (Å²) < 4.78 is 29.2. The Morgan fingerprint density at radius 1 is 1.35 bits per heavy atom. The van der Waals surface area contributed by atoms with Gasteiger partial charge in [-0.15, -0.1) is 0 Å². The lowest BCUT2D eigenvalue weighted by molar-refractivity contribution is 0.275. The van der Waals surface area contributed by atoms with Gasteiger partial charge in [0.05, 0.1) is 11.5 Å². The molecular weight excluding hydrogens is 346 g/mol. The van der Waals surface area contributed by atoms with E-state index in [1.165, 1.54) is 18.3 Å². The first kappa shape index (κ1) is 15.0. The van der Waals surface area contributed by atoms with Gasteiger partial charge in [0, 0.05) is 22.5 Å². The van der Waals surface area contributed by atoms with E-state index in [1.807, 2.05) is 0 Å². The van der Waals surface area contributed by atoms with E-state index in [9.17, 15) is 13.5 Å². The molecule has 7 heteroatoms. The zero-order valence-electron chi connectivity index (χ0n) is 10.6. The minimum Gasteiger partial charge on any atom is -0.439 e. The van der Waals surface area contributed by atoms with Crippen LogP contribution in [0.5, 0.6) is 11.6 Å². The molecule has 1 N–H and O–H groups in total. The smallest absolute Gasteiger partial charge is 0.224 e. The van der Waals surface area contributed by atoms with Crippen molar-refractivity contribution in [1.29, 1.82) is 0 Å². The molecule has 1 aromatic heterocycles. The number of rotatable bonds is 4. The minimum atomic E-state index is -3.30. The van der Waals surface area contributed by atoms with Crippen molar-refractivity contribution in [3.05, 3.63) is 46.6 Å². The number of sulfone groups is 1. The zero-order valence-corrected chi connectivity index (χ0v) is 13.0. The van der Waals surface area contributed by atoms with Gasteiger partial charge in [-0.25, -0.2) is 13.4 Å². The maximum atomic E-state index is 11.5. The van der Waals surface area contributed by atoms with Crippen LogP contribution in [0.2, 0.25) is 0 Å². The average Bonchev–Trinajstić information content (AvgIpc) is 2.40. The Kier molecular flexibility index (Phi) is 4.42. The highest BCUT2D eigenvalue weighted by atomic mass is 79.9. The third-order valence-corrected chi connectivity index (χ3v) is 4.05. The number of nitrogens with zero attached hydrogens (tertiary/aromatic N) is 1. The van der Waals surface area contributed by atoms with Crippen LogP contribution in [0.1, 0.15) is 5.56 Å². The number of aliphatic hydroxyl groups excluding tert-OH is 1. The molecule has 1 heterocycles. The Morgan fingerprint density at radius 3 is 2.75 bits per heavy atom. The van der Waals surface area contributed by atoms with Crippen molar-refractivity contribution in [3.8, 4) is 11.6 Å². The first-order valence-corrected chi connectivity index (χ1v) is 8.32. The topological polar surface area (TPSA) is 76.5 Å². The Morgan fingerprint density at radius 2 is 2.10 bits per heavy atom. The van der Waals surface area contributed by atoms with E-state index in [0.29, 0.717) is 11.3 Å². The Hall–Kier alpha value is -1.44. The van der Waals surface area contributed by atoms with Gasteiger partial charge in [-0.3, -0.25) is 0 Å². The number of hydrogen-bond donors (Lipinski definition) is 1. The standard InChI is InChI=1S/C13H12BrNO4S/c1-20(17,18)12-4-2-3-11(6-12)19-13-9(8-16)5-10(14)7-15-13/h2-7,16H,8H2,1H3. The first-order valence-electron chi connectivity index (χ1n) is 5.63. The molecule has 106 valence electrons. The number of pyridine rings is 1. The normalized spacial score (nSPS) is 11.3. The predicted octanol–water partition coefficient (Wildman–Crippen LogP) is 2.53. The van der Waals surface area contributed by atoms with Gasteiger partial charge in [-0.1, -0.05) is 6.07 Å². The van der Waals surface area contributed by atoms with Gasteiger partial charge in [-0.2, -0.15) is 0 Å². The van der Waals surface area contributed by atoms with Gasteiger partial charge < -0.3 is 9.84 Å². The van der Waals surface area contributed by atoms with Gasteiger partial charge in [0.2, 0.25) is 5.88 Å². The third kappa shape index (κ3) is 3.56. The van der Waals surface area contributed by atoms with Crippen LogP contribution < -0.4 is 4.74 Å². The Bertz CT molecular complexity index is 731. The van der Waals surface area contributed by atoms with Crippen LogP contribution in [0.15, 0.2) is 45.9 Å². The summed E-state index contributed by atoms with van der Waals surface area (Å²) in [6, 6.07) is 7.80. The fourth-order valence-corrected chi connectivity index (χ4v) is 2.59. The van der Waals surface area contributed by atoms with Crippen molar-refractivity contribution < 1.29 is 18.3 Å². The van der Waals surface area contributed by atoms with Crippen LogP contribution in [0.3, 0.4) is 0 Å². The largest absolute Gasteiger partial charge is 0.439 e. The fraction of sp³-hybridized carbons (Fsp3) is 0.154. The van der Waals surface area contributed by atoms with E-state index in [1.54, 1.807) is 18.2 Å². The molecule has 20 heavy (non-hydrogen) atoms. The molecule has 0 aliphatic rings. The van der Waals surface area contributed by atoms with E-state index in [2.05, 4.69) is 20.9 Å². The number of aromatic nitrogens is 1. The van der Waals surface area contributed by atoms with E-state index >= 15 is 0 Å². The van der Waals surface area contributed by atoms with Crippen molar-refractivity contribution in [2.24, 2.45) is 0 Å². The number of halogens is 1. The van der Waals surface area contributed by atoms with Crippen molar-refractivity contribution >= 4 is 25.8 Å². The second-order valence-electron chi connectivity index (χ2n) is 4.13. The Balaban J connectivity index is 2.36. The van der Waals surface area contributed by atoms with Crippen molar-refractivity contribution in [2.75, 3.05) is 6.26 Å². The Labute approximate surface area is 125 Å². The molecule has 0 bridgehead atoms. The molecule has 0 spiro atoms. The van der Waals surface area contributed by atoms with Crippen LogP contribution in [0.25, 0.3) is 0 Å². The molecule has 1 aromatic carbocycles. The average molecular weight is 358 g/mol. The molecule has 2 rings (SSSR count). The van der Waals surface area contributed by atoms with E-state index < -0.39 is 9.84 Å². The molecule has 0 amide bonds. The molecule has 0 fully saturated rings. The van der Waals surface area contributed by atoms with E-state index in [4.69, 9.17) is 4.74 Å². The number of aliphatic hydroxyl groups is 1. The van der Waals surface area contributed by atoms with Crippen molar-refractivity contribution in [3.63, 3.8) is 0 Å². The van der Waals surface area contributed by atoms with E-state index in [-0.39, 0.29) is 17.4 Å². The first-order chi connectivity index (χ1) is 9.40. The lowest BCUT2D eigenvalue weighted by atomic mass is 10.3. The van der Waals surface area contributed by atoms with Crippen LogP contribution in [-0.4, -0.2) is 24.8 Å². The summed E-state index contributed by atoms with van der Waals surface area (Å²) in [7, 11) is -3.30. The highest BCUT2D eigenvalue weighted by Crippen LogP contribution is 2.27. The van der Waals surface area contributed by atoms with Gasteiger partial charge in [0.1, 0.15) is 5.75 Å². The summed E-state index contributed by atoms with van der Waals surface area (Å²) >= 11 is 3.25. The molecule has 5 nitrogen and oxygen atoms in total. The third-order valence-electron chi connectivity index (χ3n) is 2.51. The van der Waals surface area contributed by atoms with Crippen LogP contribution in [0, 0.1) is 0 Å². The van der Waals surface area contributed by atoms with Gasteiger partial charge in [0.15, 0.2) is 9.84 Å². The fourth-order valence-electron chi connectivity index (χ4n) is 1.55. The SMILES string of the molecule is CS(=O)(=O)c1cccc(Oc2ncc(Br)cc2CO)c1. The second kappa shape index (κ2) is 5.90. The maximum absolute atomic E-state index is 11.5. The minimum absolute atomic E-state index is 0.165. The summed E-state index contributed by atoms with van der Waals surface area (Å²) in [5.41, 5.74) is 0.504. The predicted molar refractivity (Wildman–Crippen MR) is 77.5 cm³/mol. The second-order valence-corrected chi connectivity index (χ2v) is 7.06. The van der Waals surface area contributed by atoms with Crippen LogP contribution >= 0.6 is 15.9 Å². The lowest BCUT2D eigenvalue weighted by Gasteiger charge is -2.09. The molecular formula is C13H12BrNO4S. The van der Waals surface area contributed by atoms with Crippen LogP contribution in [0.4, 0.5) is 0 Å². The maximum Gasteiger partial charge on any atom is 0.224 e. The molecule has 0 saturated carbocycles. The van der Waals surface area contributed by atoms with Crippen LogP contribution in [-0.2, 0) is 16.4 Å². The van der Waals surface area contributed by atoms with E-state index in [0.717, 1.165) is 10.7 Å². The summed E-state index contributed by atoms with van der Waals surface area (Å²) in [6.45, 7) is -0.229. The molecule has 0 saturated heterocycles. The molecule has 0 aliphatic carbocycles. The summed E-state index contributed by atoms with van der Waals surface area (Å²) in [5.74, 6) is 0.582. The molecule has 0 radical (unpaired) electrons. The summed E-state index contributed by atoms with van der Waals surface area (Å²) in [6.07, 6.45) is 2.66. The monoisotopic (exact) mass is 357 g/mol. The molecule has 0 aliphatic heterocycles. The highest BCUT2D eigenvalue weighted by Gasteiger charge is 2.11. The summed E-state index contributed by atoms with van der Waals surface area (Å²) in [5, 5.41) is 9.27. The number of hydrogen-bond acceptors (Lipinski definition) is 5. The van der Waals surface area contributed by atoms with Crippen molar-refractivity contribution in [1.82, 2.24) is 4.98 Å².